The Kier molecular flexibility index (Phi) is 6.62. The van der Waals surface area contributed by atoms with Crippen molar-refractivity contribution < 1.29 is 57.7 Å². The molecule has 0 heterocycles. The van der Waals surface area contributed by atoms with Gasteiger partial charge >= 0.3 is 140 Å². The number of ether oxygens (including phenoxy) is 2. The van der Waals surface area contributed by atoms with Crippen LogP contribution in [0.2, 0.25) is 0 Å². The van der Waals surface area contributed by atoms with Crippen LogP contribution in [0.4, 0.5) is 8.78 Å². The van der Waals surface area contributed by atoms with Gasteiger partial charge in [0.1, 0.15) is 0 Å². The van der Waals surface area contributed by atoms with Crippen molar-refractivity contribution in [3.05, 3.63) is 22.8 Å². The van der Waals surface area contributed by atoms with Gasteiger partial charge < -0.3 is 0 Å². The average molecular weight is 512 g/mol. The summed E-state index contributed by atoms with van der Waals surface area (Å²) >= 11 is 0.777. The van der Waals surface area contributed by atoms with Gasteiger partial charge in [-0.3, -0.25) is 0 Å². The third-order valence-corrected chi connectivity index (χ3v) is 4.18. The van der Waals surface area contributed by atoms with E-state index in [1.807, 2.05) is 0 Å². The second-order valence-corrected chi connectivity index (χ2v) is 5.67. The molecule has 0 aliphatic carbocycles. The van der Waals surface area contributed by atoms with Crippen molar-refractivity contribution in [3.63, 3.8) is 0 Å². The first-order valence-corrected chi connectivity index (χ1v) is 7.61. The van der Waals surface area contributed by atoms with Crippen molar-refractivity contribution in [1.82, 2.24) is 0 Å². The van der Waals surface area contributed by atoms with E-state index in [1.165, 1.54) is 6.92 Å². The zero-order chi connectivity index (χ0) is 17.0. The number of methoxy groups -OCH3 is 1. The van der Waals surface area contributed by atoms with Crippen LogP contribution in [0, 0.1) is 36.4 Å². The molecule has 0 aliphatic heterocycles. The number of aliphatic carboxylic acids is 1. The summed E-state index contributed by atoms with van der Waals surface area (Å²) in [6.07, 6.45) is -0.498. The second-order valence-electron chi connectivity index (χ2n) is 4.20. The van der Waals surface area contributed by atoms with E-state index in [4.69, 9.17) is 15.6 Å². The molecule has 1 aromatic rings. The Labute approximate surface area is 140 Å². The molecule has 0 saturated carbocycles. The number of hydrogen-bond acceptors (Lipinski definition) is 5. The summed E-state index contributed by atoms with van der Waals surface area (Å²) in [6, 6.07) is -1.45. The summed E-state index contributed by atoms with van der Waals surface area (Å²) in [7, 11) is 1.07. The molecule has 0 radical (unpaired) electrons. The molecular formula is C13H14AtF2NO5. The number of esters is 1. The van der Waals surface area contributed by atoms with Gasteiger partial charge in [0.15, 0.2) is 0 Å². The molecule has 1 atom stereocenters. The van der Waals surface area contributed by atoms with E-state index in [9.17, 15) is 18.4 Å². The van der Waals surface area contributed by atoms with Gasteiger partial charge in [-0.15, -0.1) is 0 Å². The predicted molar refractivity (Wildman–Crippen MR) is 67.8 cm³/mol. The van der Waals surface area contributed by atoms with Crippen LogP contribution in [-0.2, 0) is 16.0 Å². The van der Waals surface area contributed by atoms with Crippen molar-refractivity contribution in [2.24, 2.45) is 5.73 Å². The van der Waals surface area contributed by atoms with Gasteiger partial charge in [0, 0.05) is 0 Å². The number of benzene rings is 1. The van der Waals surface area contributed by atoms with E-state index in [1.54, 1.807) is 0 Å². The Morgan fingerprint density at radius 1 is 1.36 bits per heavy atom. The van der Waals surface area contributed by atoms with E-state index < -0.39 is 41.8 Å². The molecule has 1 aromatic carbocycles. The third-order valence-electron chi connectivity index (χ3n) is 2.80. The van der Waals surface area contributed by atoms with Crippen LogP contribution >= 0.6 is 0 Å². The predicted octanol–water partition coefficient (Wildman–Crippen LogP) is 0.279. The van der Waals surface area contributed by atoms with Crippen molar-refractivity contribution in [2.45, 2.75) is 19.4 Å². The van der Waals surface area contributed by atoms with Crippen molar-refractivity contribution in [1.29, 1.82) is 0 Å². The Morgan fingerprint density at radius 2 is 1.95 bits per heavy atom. The molecule has 122 valence electrons. The van der Waals surface area contributed by atoms with Crippen molar-refractivity contribution in [3.8, 4) is 5.75 Å². The van der Waals surface area contributed by atoms with Crippen molar-refractivity contribution >= 4 is 15.2 Å². The fourth-order valence-electron chi connectivity index (χ4n) is 1.78. The Hall–Kier alpha value is -1.34. The van der Waals surface area contributed by atoms with Gasteiger partial charge in [0.05, 0.1) is 0 Å². The SMILES string of the molecule is CCOC(=O)c1c([At])c(F)c(OC)c(F)c1CC(N)C(=O)O. The number of carboxylic acid groups (broad SMARTS) is 1. The van der Waals surface area contributed by atoms with E-state index in [0.717, 1.165) is 31.8 Å². The summed E-state index contributed by atoms with van der Waals surface area (Å²) in [6.45, 7) is 1.54. The number of carboxylic acids is 1. The second kappa shape index (κ2) is 7.78. The van der Waals surface area contributed by atoms with E-state index in [2.05, 4.69) is 4.74 Å². The number of carbonyl (C=O) groups excluding carboxylic acids is 1. The van der Waals surface area contributed by atoms with E-state index >= 15 is 0 Å². The monoisotopic (exact) mass is 512 g/mol. The summed E-state index contributed by atoms with van der Waals surface area (Å²) in [5, 5.41) is 8.85. The molecule has 0 saturated heterocycles. The van der Waals surface area contributed by atoms with E-state index in [-0.39, 0.29) is 21.0 Å². The van der Waals surface area contributed by atoms with Crippen molar-refractivity contribution in [2.75, 3.05) is 13.7 Å². The first kappa shape index (κ1) is 18.7. The summed E-state index contributed by atoms with van der Waals surface area (Å²) in [5.41, 5.74) is 4.72. The number of rotatable bonds is 6. The molecule has 0 aromatic heterocycles. The van der Waals surface area contributed by atoms with Crippen LogP contribution in [0.1, 0.15) is 22.8 Å². The van der Waals surface area contributed by atoms with Gasteiger partial charge in [-0.05, 0) is 0 Å². The van der Waals surface area contributed by atoms with Gasteiger partial charge in [-0.25, -0.2) is 0 Å². The molecule has 0 aliphatic rings. The van der Waals surface area contributed by atoms with Crippen LogP contribution in [0.15, 0.2) is 0 Å². The quantitative estimate of drug-likeness (QED) is 0.532. The fourth-order valence-corrected chi connectivity index (χ4v) is 2.86. The Bertz CT molecular complexity index is 609. The molecule has 9 heteroatoms. The summed E-state index contributed by atoms with van der Waals surface area (Å²) in [4.78, 5) is 22.8. The van der Waals surface area contributed by atoms with Crippen LogP contribution in [0.25, 0.3) is 0 Å². The minimum atomic E-state index is -1.45. The topological polar surface area (TPSA) is 98.9 Å². The molecule has 3 N–H and O–H groups in total. The van der Waals surface area contributed by atoms with Gasteiger partial charge in [0.2, 0.25) is 0 Å². The summed E-state index contributed by atoms with van der Waals surface area (Å²) < 4.78 is 37.8. The molecule has 0 spiro atoms. The zero-order valence-electron chi connectivity index (χ0n) is 11.8. The number of halogens is 2. The first-order valence-electron chi connectivity index (χ1n) is 6.14. The van der Waals surface area contributed by atoms with Gasteiger partial charge in [-0.1, -0.05) is 0 Å². The Balaban J connectivity index is 3.57. The summed E-state index contributed by atoms with van der Waals surface area (Å²) in [5.74, 6) is -5.17. The molecule has 22 heavy (non-hydrogen) atoms. The first-order chi connectivity index (χ1) is 10.3. The number of nitrogens with two attached hydrogens (primary N) is 1. The molecule has 6 nitrogen and oxygen atoms in total. The molecule has 1 unspecified atom stereocenters. The van der Waals surface area contributed by atoms with Crippen LogP contribution in [0.5, 0.6) is 5.75 Å². The molecule has 0 bridgehead atoms. The van der Waals surface area contributed by atoms with Crippen LogP contribution in [0.3, 0.4) is 0 Å². The molecule has 0 amide bonds. The molecular weight excluding hydrogens is 498 g/mol. The fraction of sp³-hybridized carbons (Fsp3) is 0.385. The standard InChI is InChI=1S/C13H14AtF2NO5/c1-3-22-13(20)7-5(4-6(17)12(18)19)9(15)11(21-2)10(16)8(7)14/h6H,3-4,17H2,1-2H3,(H,18,19). The van der Waals surface area contributed by atoms with Gasteiger partial charge in [0.25, 0.3) is 0 Å². The maximum absolute atomic E-state index is 14.4. The molecule has 1 rings (SSSR count). The maximum atomic E-state index is 14.4. The normalized spacial score (nSPS) is 11.9. The third kappa shape index (κ3) is 3.70. The zero-order valence-corrected chi connectivity index (χ0v) is 14.7. The molecule has 0 fully saturated rings. The average Bonchev–Trinajstić information content (AvgIpc) is 2.45. The van der Waals surface area contributed by atoms with Crippen LogP contribution in [-0.4, -0.2) is 36.8 Å². The Morgan fingerprint density at radius 3 is 2.41 bits per heavy atom. The van der Waals surface area contributed by atoms with Crippen LogP contribution < -0.4 is 13.7 Å². The number of carbonyl (C=O) groups is 2. The minimum absolute atomic E-state index is 0.00415. The van der Waals surface area contributed by atoms with Gasteiger partial charge in [-0.2, -0.15) is 0 Å². The number of hydrogen-bond donors (Lipinski definition) is 2. The van der Waals surface area contributed by atoms with E-state index in [0.29, 0.717) is 0 Å².